The number of hydrogen-bond donors (Lipinski definition) is 2. The molecule has 148 valence electrons. The van der Waals surface area contributed by atoms with Crippen molar-refractivity contribution in [2.75, 3.05) is 27.9 Å². The first-order chi connectivity index (χ1) is 13.5. The molecule has 0 aliphatic rings. The monoisotopic (exact) mass is 449 g/mol. The van der Waals surface area contributed by atoms with Crippen molar-refractivity contribution >= 4 is 34.0 Å². The predicted octanol–water partition coefficient (Wildman–Crippen LogP) is 2.35. The Morgan fingerprint density at radius 2 is 1.82 bits per heavy atom. The molecule has 2 amide bonds. The van der Waals surface area contributed by atoms with E-state index in [9.17, 15) is 9.59 Å². The van der Waals surface area contributed by atoms with Crippen molar-refractivity contribution in [3.05, 3.63) is 52.0 Å². The molecular formula is C19H20BrN3O5. The van der Waals surface area contributed by atoms with E-state index in [1.807, 2.05) is 0 Å². The van der Waals surface area contributed by atoms with Gasteiger partial charge < -0.3 is 19.5 Å². The summed E-state index contributed by atoms with van der Waals surface area (Å²) in [6.07, 6.45) is 1.41. The van der Waals surface area contributed by atoms with Gasteiger partial charge in [0.05, 0.1) is 34.1 Å². The second kappa shape index (κ2) is 10.3. The molecule has 2 rings (SSSR count). The second-order valence-corrected chi connectivity index (χ2v) is 6.33. The van der Waals surface area contributed by atoms with Gasteiger partial charge in [-0.25, -0.2) is 5.43 Å². The summed E-state index contributed by atoms with van der Waals surface area (Å²) in [5, 5.41) is 6.41. The van der Waals surface area contributed by atoms with E-state index < -0.39 is 5.91 Å². The summed E-state index contributed by atoms with van der Waals surface area (Å²) < 4.78 is 16.6. The Kier molecular flexibility index (Phi) is 7.82. The number of ether oxygens (including phenoxy) is 3. The molecule has 0 fully saturated rings. The molecular weight excluding hydrogens is 430 g/mol. The Hall–Kier alpha value is -3.07. The van der Waals surface area contributed by atoms with Gasteiger partial charge in [0.15, 0.2) is 11.5 Å². The first kappa shape index (κ1) is 21.2. The third-order valence-corrected chi connectivity index (χ3v) is 4.12. The van der Waals surface area contributed by atoms with Crippen molar-refractivity contribution in [3.8, 4) is 17.2 Å². The molecule has 9 heteroatoms. The summed E-state index contributed by atoms with van der Waals surface area (Å²) >= 11 is 3.29. The summed E-state index contributed by atoms with van der Waals surface area (Å²) in [5.74, 6) is 0.515. The van der Waals surface area contributed by atoms with Gasteiger partial charge in [-0.15, -0.1) is 0 Å². The van der Waals surface area contributed by atoms with Crippen LogP contribution in [0.3, 0.4) is 0 Å². The molecule has 0 saturated carbocycles. The standard InChI is InChI=1S/C19H20BrN3O5/c1-26-15-8-7-13(17(27-2)18(15)28-3)10-22-23-16(24)11-21-19(25)12-5-4-6-14(20)9-12/h4-10H,11H2,1-3H3,(H,21,25)(H,23,24)/b22-10-. The Balaban J connectivity index is 1.95. The Morgan fingerprint density at radius 3 is 2.46 bits per heavy atom. The number of nitrogens with zero attached hydrogens (tertiary/aromatic N) is 1. The van der Waals surface area contributed by atoms with Gasteiger partial charge in [-0.1, -0.05) is 22.0 Å². The molecule has 0 saturated heterocycles. The largest absolute Gasteiger partial charge is 0.493 e. The fourth-order valence-corrected chi connectivity index (χ4v) is 2.73. The van der Waals surface area contributed by atoms with E-state index in [0.717, 1.165) is 4.47 Å². The molecule has 0 aliphatic carbocycles. The molecule has 0 unspecified atom stereocenters. The van der Waals surface area contributed by atoms with Gasteiger partial charge in [-0.3, -0.25) is 9.59 Å². The van der Waals surface area contributed by atoms with E-state index in [1.165, 1.54) is 27.5 Å². The van der Waals surface area contributed by atoms with Crippen molar-refractivity contribution in [3.63, 3.8) is 0 Å². The number of benzene rings is 2. The van der Waals surface area contributed by atoms with Crippen LogP contribution in [0.4, 0.5) is 0 Å². The minimum absolute atomic E-state index is 0.217. The average molecular weight is 450 g/mol. The summed E-state index contributed by atoms with van der Waals surface area (Å²) in [4.78, 5) is 23.9. The molecule has 28 heavy (non-hydrogen) atoms. The van der Waals surface area contributed by atoms with E-state index in [0.29, 0.717) is 28.4 Å². The molecule has 0 radical (unpaired) electrons. The fraction of sp³-hybridized carbons (Fsp3) is 0.211. The van der Waals surface area contributed by atoms with Crippen LogP contribution in [0.25, 0.3) is 0 Å². The lowest BCUT2D eigenvalue weighted by Crippen LogP contribution is -2.34. The fourth-order valence-electron chi connectivity index (χ4n) is 2.33. The van der Waals surface area contributed by atoms with Gasteiger partial charge in [0.1, 0.15) is 0 Å². The average Bonchev–Trinajstić information content (AvgIpc) is 2.71. The second-order valence-electron chi connectivity index (χ2n) is 5.41. The molecule has 8 nitrogen and oxygen atoms in total. The van der Waals surface area contributed by atoms with Crippen LogP contribution in [0.1, 0.15) is 15.9 Å². The van der Waals surface area contributed by atoms with Crippen LogP contribution in [-0.4, -0.2) is 45.9 Å². The van der Waals surface area contributed by atoms with Gasteiger partial charge >= 0.3 is 0 Å². The zero-order valence-corrected chi connectivity index (χ0v) is 17.2. The van der Waals surface area contributed by atoms with Crippen LogP contribution in [0.2, 0.25) is 0 Å². The number of nitrogens with one attached hydrogen (secondary N) is 2. The highest BCUT2D eigenvalue weighted by Crippen LogP contribution is 2.38. The van der Waals surface area contributed by atoms with Crippen LogP contribution in [0.15, 0.2) is 46.0 Å². The van der Waals surface area contributed by atoms with Gasteiger partial charge in [-0.2, -0.15) is 5.10 Å². The minimum Gasteiger partial charge on any atom is -0.493 e. The zero-order valence-electron chi connectivity index (χ0n) is 15.6. The van der Waals surface area contributed by atoms with Crippen LogP contribution in [0, 0.1) is 0 Å². The van der Waals surface area contributed by atoms with Crippen molar-refractivity contribution < 1.29 is 23.8 Å². The summed E-state index contributed by atoms with van der Waals surface area (Å²) in [7, 11) is 4.51. The van der Waals surface area contributed by atoms with E-state index >= 15 is 0 Å². The Bertz CT molecular complexity index is 886. The van der Waals surface area contributed by atoms with E-state index in [1.54, 1.807) is 36.4 Å². The predicted molar refractivity (Wildman–Crippen MR) is 108 cm³/mol. The van der Waals surface area contributed by atoms with E-state index in [4.69, 9.17) is 14.2 Å². The molecule has 0 spiro atoms. The maximum atomic E-state index is 12.0. The molecule has 0 aliphatic heterocycles. The molecule has 2 aromatic rings. The van der Waals surface area contributed by atoms with E-state index in [-0.39, 0.29) is 12.5 Å². The number of hydrogen-bond acceptors (Lipinski definition) is 6. The van der Waals surface area contributed by atoms with Crippen molar-refractivity contribution in [1.82, 2.24) is 10.7 Å². The topological polar surface area (TPSA) is 98.2 Å². The third kappa shape index (κ3) is 5.46. The molecule has 2 N–H and O–H groups in total. The Morgan fingerprint density at radius 1 is 1.07 bits per heavy atom. The van der Waals surface area contributed by atoms with Crippen molar-refractivity contribution in [2.45, 2.75) is 0 Å². The van der Waals surface area contributed by atoms with Crippen LogP contribution < -0.4 is 25.0 Å². The lowest BCUT2D eigenvalue weighted by atomic mass is 10.2. The highest BCUT2D eigenvalue weighted by atomic mass is 79.9. The lowest BCUT2D eigenvalue weighted by Gasteiger charge is -2.13. The molecule has 2 aromatic carbocycles. The molecule has 0 bridgehead atoms. The van der Waals surface area contributed by atoms with Gasteiger partial charge in [0.2, 0.25) is 5.75 Å². The summed E-state index contributed by atoms with van der Waals surface area (Å²) in [6, 6.07) is 10.3. The first-order valence-electron chi connectivity index (χ1n) is 8.14. The Labute approximate surface area is 171 Å². The highest BCUT2D eigenvalue weighted by molar-refractivity contribution is 9.10. The number of hydrazone groups is 1. The summed E-state index contributed by atoms with van der Waals surface area (Å²) in [5.41, 5.74) is 3.37. The highest BCUT2D eigenvalue weighted by Gasteiger charge is 2.14. The molecule has 0 aromatic heterocycles. The van der Waals surface area contributed by atoms with Crippen LogP contribution >= 0.6 is 15.9 Å². The normalized spacial score (nSPS) is 10.4. The van der Waals surface area contributed by atoms with E-state index in [2.05, 4.69) is 31.8 Å². The van der Waals surface area contributed by atoms with Crippen LogP contribution in [-0.2, 0) is 4.79 Å². The molecule has 0 atom stereocenters. The van der Waals surface area contributed by atoms with Gasteiger partial charge in [0, 0.05) is 15.6 Å². The summed E-state index contributed by atoms with van der Waals surface area (Å²) in [6.45, 7) is -0.217. The number of amides is 2. The van der Waals surface area contributed by atoms with Crippen LogP contribution in [0.5, 0.6) is 17.2 Å². The number of rotatable bonds is 8. The first-order valence-corrected chi connectivity index (χ1v) is 8.94. The van der Waals surface area contributed by atoms with Gasteiger partial charge in [-0.05, 0) is 30.3 Å². The maximum absolute atomic E-state index is 12.0. The minimum atomic E-state index is -0.473. The molecule has 0 heterocycles. The van der Waals surface area contributed by atoms with Crippen molar-refractivity contribution in [2.24, 2.45) is 5.10 Å². The zero-order chi connectivity index (χ0) is 20.5. The third-order valence-electron chi connectivity index (χ3n) is 3.62. The quantitative estimate of drug-likeness (QED) is 0.476. The number of halogens is 1. The SMILES string of the molecule is COc1ccc(/C=N\NC(=O)CNC(=O)c2cccc(Br)c2)c(OC)c1OC. The smallest absolute Gasteiger partial charge is 0.259 e. The van der Waals surface area contributed by atoms with Crippen molar-refractivity contribution in [1.29, 1.82) is 0 Å². The maximum Gasteiger partial charge on any atom is 0.259 e. The number of carbonyl (C=O) groups is 2. The number of methoxy groups -OCH3 is 3. The lowest BCUT2D eigenvalue weighted by molar-refractivity contribution is -0.120. The van der Waals surface area contributed by atoms with Gasteiger partial charge in [0.25, 0.3) is 11.8 Å². The number of carbonyl (C=O) groups excluding carboxylic acids is 2.